The summed E-state index contributed by atoms with van der Waals surface area (Å²) in [7, 11) is -3.65. The summed E-state index contributed by atoms with van der Waals surface area (Å²) in [6, 6.07) is 6.27. The Morgan fingerprint density at radius 1 is 1.21 bits per heavy atom. The Balaban J connectivity index is 2.14. The van der Waals surface area contributed by atoms with Crippen LogP contribution in [0, 0.1) is 6.92 Å². The monoisotopic (exact) mass is 297 g/mol. The van der Waals surface area contributed by atoms with Crippen molar-refractivity contribution in [3.8, 4) is 0 Å². The van der Waals surface area contributed by atoms with Gasteiger partial charge in [0.15, 0.2) is 0 Å². The first-order valence-corrected chi connectivity index (χ1v) is 7.37. The van der Waals surface area contributed by atoms with Crippen LogP contribution in [0.15, 0.2) is 41.6 Å². The number of benzene rings is 1. The van der Waals surface area contributed by atoms with E-state index in [0.29, 0.717) is 5.69 Å². The fraction of sp³-hybridized carbons (Fsp3) is 0.167. The third-order valence-corrected chi connectivity index (χ3v) is 4.30. The number of aryl methyl sites for hydroxylation is 1. The lowest BCUT2D eigenvalue weighted by Gasteiger charge is -2.07. The van der Waals surface area contributed by atoms with Crippen LogP contribution in [0.5, 0.6) is 0 Å². The maximum atomic E-state index is 12.0. The van der Waals surface area contributed by atoms with Crippen LogP contribution in [-0.2, 0) is 16.6 Å². The van der Waals surface area contributed by atoms with Gasteiger partial charge in [0, 0.05) is 6.20 Å². The van der Waals surface area contributed by atoms with Crippen molar-refractivity contribution in [2.24, 2.45) is 0 Å². The molecule has 2 rings (SSSR count). The number of rotatable bonds is 4. The van der Waals surface area contributed by atoms with E-state index in [4.69, 9.17) is 11.6 Å². The summed E-state index contributed by atoms with van der Waals surface area (Å²) < 4.78 is 26.5. The van der Waals surface area contributed by atoms with E-state index in [0.717, 1.165) is 5.69 Å². The van der Waals surface area contributed by atoms with Crippen LogP contribution in [0.3, 0.4) is 0 Å². The quantitative estimate of drug-likeness (QED) is 0.936. The van der Waals surface area contributed by atoms with Crippen molar-refractivity contribution in [3.05, 3.63) is 53.1 Å². The van der Waals surface area contributed by atoms with Gasteiger partial charge in [-0.3, -0.25) is 9.97 Å². The summed E-state index contributed by atoms with van der Waals surface area (Å²) in [5.74, 6) is 0. The second kappa shape index (κ2) is 5.64. The number of hydrogen-bond acceptors (Lipinski definition) is 4. The van der Waals surface area contributed by atoms with Crippen molar-refractivity contribution < 1.29 is 8.42 Å². The highest BCUT2D eigenvalue weighted by atomic mass is 35.5. The van der Waals surface area contributed by atoms with Crippen LogP contribution in [0.25, 0.3) is 0 Å². The zero-order valence-corrected chi connectivity index (χ0v) is 11.7. The molecule has 1 aromatic carbocycles. The number of sulfonamides is 1. The molecule has 7 heteroatoms. The Morgan fingerprint density at radius 3 is 2.58 bits per heavy atom. The molecule has 0 spiro atoms. The minimum atomic E-state index is -3.65. The zero-order chi connectivity index (χ0) is 13.9. The van der Waals surface area contributed by atoms with Gasteiger partial charge in [0.25, 0.3) is 0 Å². The minimum Gasteiger partial charge on any atom is -0.258 e. The smallest absolute Gasteiger partial charge is 0.242 e. The molecule has 0 aliphatic rings. The van der Waals surface area contributed by atoms with Gasteiger partial charge in [-0.15, -0.1) is 0 Å². The van der Waals surface area contributed by atoms with Crippen LogP contribution < -0.4 is 4.72 Å². The predicted octanol–water partition coefficient (Wildman–Crippen LogP) is 1.92. The predicted molar refractivity (Wildman–Crippen MR) is 72.2 cm³/mol. The van der Waals surface area contributed by atoms with E-state index in [-0.39, 0.29) is 16.5 Å². The van der Waals surface area contributed by atoms with E-state index >= 15 is 0 Å². The maximum Gasteiger partial charge on any atom is 0.242 e. The molecule has 0 unspecified atom stereocenters. The summed E-state index contributed by atoms with van der Waals surface area (Å²) in [5.41, 5.74) is 1.32. The lowest BCUT2D eigenvalue weighted by atomic mass is 10.4. The number of nitrogens with zero attached hydrogens (tertiary/aromatic N) is 2. The van der Waals surface area contributed by atoms with Crippen LogP contribution >= 0.6 is 11.6 Å². The van der Waals surface area contributed by atoms with Gasteiger partial charge in [-0.05, 0) is 19.1 Å². The highest BCUT2D eigenvalue weighted by Gasteiger charge is 2.17. The van der Waals surface area contributed by atoms with Crippen molar-refractivity contribution in [1.82, 2.24) is 14.7 Å². The molecule has 1 heterocycles. The summed E-state index contributed by atoms with van der Waals surface area (Å²) in [4.78, 5) is 8.17. The average Bonchev–Trinajstić information content (AvgIpc) is 2.38. The van der Waals surface area contributed by atoms with Gasteiger partial charge >= 0.3 is 0 Å². The first-order valence-electron chi connectivity index (χ1n) is 5.51. The molecule has 0 radical (unpaired) electrons. The Bertz CT molecular complexity index is 672. The Kier molecular flexibility index (Phi) is 4.14. The highest BCUT2D eigenvalue weighted by molar-refractivity contribution is 7.89. The first kappa shape index (κ1) is 13.9. The van der Waals surface area contributed by atoms with Gasteiger partial charge in [0.2, 0.25) is 10.0 Å². The third kappa shape index (κ3) is 3.50. The summed E-state index contributed by atoms with van der Waals surface area (Å²) in [6.07, 6.45) is 3.11. The van der Waals surface area contributed by atoms with Crippen LogP contribution in [0.4, 0.5) is 0 Å². The van der Waals surface area contributed by atoms with E-state index in [1.165, 1.54) is 18.3 Å². The molecule has 0 saturated heterocycles. The maximum absolute atomic E-state index is 12.0. The average molecular weight is 298 g/mol. The van der Waals surface area contributed by atoms with E-state index in [2.05, 4.69) is 14.7 Å². The molecule has 0 bridgehead atoms. The topological polar surface area (TPSA) is 72.0 Å². The molecular formula is C12H12ClN3O2S. The van der Waals surface area contributed by atoms with Gasteiger partial charge in [-0.2, -0.15) is 0 Å². The normalized spacial score (nSPS) is 11.5. The van der Waals surface area contributed by atoms with Crippen LogP contribution in [0.1, 0.15) is 11.4 Å². The standard InChI is InChI=1S/C12H12ClN3O2S/c1-9-6-15-10(7-14-9)8-16-19(17,18)12-5-3-2-4-11(12)13/h2-7,16H,8H2,1H3. The highest BCUT2D eigenvalue weighted by Crippen LogP contribution is 2.20. The fourth-order valence-electron chi connectivity index (χ4n) is 1.42. The molecule has 0 atom stereocenters. The van der Waals surface area contributed by atoms with Crippen LogP contribution in [0.2, 0.25) is 5.02 Å². The molecule has 100 valence electrons. The fourth-order valence-corrected chi connectivity index (χ4v) is 2.94. The molecule has 0 aliphatic heterocycles. The van der Waals surface area contributed by atoms with E-state index in [1.807, 2.05) is 6.92 Å². The molecule has 1 aromatic heterocycles. The number of hydrogen-bond donors (Lipinski definition) is 1. The Hall–Kier alpha value is -1.50. The van der Waals surface area contributed by atoms with E-state index in [1.54, 1.807) is 18.3 Å². The SMILES string of the molecule is Cc1cnc(CNS(=O)(=O)c2ccccc2Cl)cn1. The van der Waals surface area contributed by atoms with E-state index < -0.39 is 10.0 Å². The molecule has 1 N–H and O–H groups in total. The van der Waals surface area contributed by atoms with Crippen molar-refractivity contribution >= 4 is 21.6 Å². The van der Waals surface area contributed by atoms with E-state index in [9.17, 15) is 8.42 Å². The van der Waals surface area contributed by atoms with Crippen LogP contribution in [-0.4, -0.2) is 18.4 Å². The first-order chi connectivity index (χ1) is 8.99. The lowest BCUT2D eigenvalue weighted by Crippen LogP contribution is -2.24. The van der Waals surface area contributed by atoms with Gasteiger partial charge in [0.1, 0.15) is 4.90 Å². The van der Waals surface area contributed by atoms with Gasteiger partial charge in [0.05, 0.1) is 29.2 Å². The summed E-state index contributed by atoms with van der Waals surface area (Å²) >= 11 is 5.86. The second-order valence-corrected chi connectivity index (χ2v) is 6.05. The Morgan fingerprint density at radius 2 is 1.95 bits per heavy atom. The summed E-state index contributed by atoms with van der Waals surface area (Å²) in [5, 5.41) is 0.185. The largest absolute Gasteiger partial charge is 0.258 e. The van der Waals surface area contributed by atoms with Gasteiger partial charge in [-0.25, -0.2) is 13.1 Å². The molecule has 0 amide bonds. The molecular weight excluding hydrogens is 286 g/mol. The third-order valence-electron chi connectivity index (χ3n) is 2.40. The van der Waals surface area contributed by atoms with Crippen molar-refractivity contribution in [2.45, 2.75) is 18.4 Å². The van der Waals surface area contributed by atoms with Crippen molar-refractivity contribution in [3.63, 3.8) is 0 Å². The molecule has 2 aromatic rings. The van der Waals surface area contributed by atoms with Gasteiger partial charge in [-0.1, -0.05) is 23.7 Å². The second-order valence-electron chi connectivity index (χ2n) is 3.90. The minimum absolute atomic E-state index is 0.0525. The zero-order valence-electron chi connectivity index (χ0n) is 10.2. The van der Waals surface area contributed by atoms with Crippen molar-refractivity contribution in [2.75, 3.05) is 0 Å². The Labute approximate surface area is 116 Å². The number of aromatic nitrogens is 2. The molecule has 0 aliphatic carbocycles. The van der Waals surface area contributed by atoms with Gasteiger partial charge < -0.3 is 0 Å². The molecule has 5 nitrogen and oxygen atoms in total. The lowest BCUT2D eigenvalue weighted by molar-refractivity contribution is 0.580. The van der Waals surface area contributed by atoms with Crippen molar-refractivity contribution in [1.29, 1.82) is 0 Å². The molecule has 0 fully saturated rings. The number of halogens is 1. The molecule has 19 heavy (non-hydrogen) atoms. The molecule has 0 saturated carbocycles. The number of nitrogens with one attached hydrogen (secondary N) is 1. The summed E-state index contributed by atoms with van der Waals surface area (Å²) in [6.45, 7) is 1.88.